The monoisotopic (exact) mass is 335 g/mol. The topological polar surface area (TPSA) is 73.2 Å². The van der Waals surface area contributed by atoms with Crippen molar-refractivity contribution in [3.8, 4) is 16.9 Å². The van der Waals surface area contributed by atoms with E-state index in [2.05, 4.69) is 15.2 Å². The van der Waals surface area contributed by atoms with Gasteiger partial charge in [-0.1, -0.05) is 48.5 Å². The minimum absolute atomic E-state index is 0.200. The molecule has 0 saturated heterocycles. The smallest absolute Gasteiger partial charge is 0.325 e. The van der Waals surface area contributed by atoms with E-state index in [1.54, 1.807) is 10.7 Å². The van der Waals surface area contributed by atoms with E-state index in [1.165, 1.54) is 7.11 Å². The molecule has 0 radical (unpaired) electrons. The lowest BCUT2D eigenvalue weighted by Gasteiger charge is -2.07. The van der Waals surface area contributed by atoms with Gasteiger partial charge >= 0.3 is 5.97 Å². The molecule has 1 heterocycles. The highest BCUT2D eigenvalue weighted by atomic mass is 16.5. The first kappa shape index (κ1) is 16.4. The Kier molecular flexibility index (Phi) is 4.89. The summed E-state index contributed by atoms with van der Waals surface area (Å²) in [5, 5.41) is 6.92. The molecule has 2 aromatic carbocycles. The fraction of sp³-hybridized carbons (Fsp3) is 0.105. The number of rotatable bonds is 5. The number of amides is 1. The molecule has 0 aliphatic heterocycles. The summed E-state index contributed by atoms with van der Waals surface area (Å²) in [6.45, 7) is -0.200. The molecule has 0 spiro atoms. The molecule has 3 aromatic rings. The average molecular weight is 335 g/mol. The number of methoxy groups -OCH3 is 1. The zero-order valence-corrected chi connectivity index (χ0v) is 13.7. The zero-order chi connectivity index (χ0) is 17.6. The van der Waals surface area contributed by atoms with Crippen molar-refractivity contribution in [2.75, 3.05) is 13.7 Å². The Labute approximate surface area is 145 Å². The van der Waals surface area contributed by atoms with E-state index in [-0.39, 0.29) is 12.2 Å². The lowest BCUT2D eigenvalue weighted by Crippen LogP contribution is -2.30. The molecular formula is C19H17N3O3. The molecule has 0 aliphatic carbocycles. The van der Waals surface area contributed by atoms with E-state index in [0.717, 1.165) is 16.9 Å². The Morgan fingerprint density at radius 2 is 1.68 bits per heavy atom. The molecule has 3 rings (SSSR count). The number of hydrogen-bond acceptors (Lipinski definition) is 4. The summed E-state index contributed by atoms with van der Waals surface area (Å²) in [5.41, 5.74) is 2.79. The third kappa shape index (κ3) is 3.74. The summed E-state index contributed by atoms with van der Waals surface area (Å²) >= 11 is 0. The van der Waals surface area contributed by atoms with Gasteiger partial charge in [0.15, 0.2) is 5.69 Å². The lowest BCUT2D eigenvalue weighted by molar-refractivity contribution is -0.139. The highest BCUT2D eigenvalue weighted by molar-refractivity contribution is 5.95. The van der Waals surface area contributed by atoms with Crippen LogP contribution < -0.4 is 5.32 Å². The summed E-state index contributed by atoms with van der Waals surface area (Å²) in [7, 11) is 1.27. The third-order valence-electron chi connectivity index (χ3n) is 3.63. The van der Waals surface area contributed by atoms with Crippen LogP contribution in [0.5, 0.6) is 0 Å². The molecule has 0 bridgehead atoms. The van der Waals surface area contributed by atoms with Crippen LogP contribution in [0.1, 0.15) is 10.5 Å². The first-order valence-electron chi connectivity index (χ1n) is 7.75. The number of para-hydroxylation sites is 1. The number of ether oxygens (including phenoxy) is 1. The largest absolute Gasteiger partial charge is 0.468 e. The Morgan fingerprint density at radius 3 is 2.32 bits per heavy atom. The number of aromatic nitrogens is 2. The van der Waals surface area contributed by atoms with Gasteiger partial charge in [-0.25, -0.2) is 4.68 Å². The molecule has 1 amide bonds. The fourth-order valence-corrected chi connectivity index (χ4v) is 2.39. The Balaban J connectivity index is 1.98. The normalized spacial score (nSPS) is 10.3. The van der Waals surface area contributed by atoms with Crippen LogP contribution in [0.3, 0.4) is 0 Å². The van der Waals surface area contributed by atoms with Crippen LogP contribution in [-0.4, -0.2) is 35.3 Å². The van der Waals surface area contributed by atoms with E-state index in [9.17, 15) is 9.59 Å². The SMILES string of the molecule is COC(=O)CNC(=O)c1cc(-c2ccccc2)n(-c2ccccc2)n1. The van der Waals surface area contributed by atoms with Crippen molar-refractivity contribution in [1.82, 2.24) is 15.1 Å². The Hall–Kier alpha value is -3.41. The summed E-state index contributed by atoms with van der Waals surface area (Å²) < 4.78 is 6.24. The molecule has 1 N–H and O–H groups in total. The molecular weight excluding hydrogens is 318 g/mol. The van der Waals surface area contributed by atoms with Crippen molar-refractivity contribution < 1.29 is 14.3 Å². The lowest BCUT2D eigenvalue weighted by atomic mass is 10.1. The van der Waals surface area contributed by atoms with Crippen molar-refractivity contribution >= 4 is 11.9 Å². The van der Waals surface area contributed by atoms with Crippen molar-refractivity contribution in [2.24, 2.45) is 0 Å². The molecule has 126 valence electrons. The van der Waals surface area contributed by atoms with Crippen LogP contribution in [0, 0.1) is 0 Å². The molecule has 0 aliphatic rings. The van der Waals surface area contributed by atoms with Crippen LogP contribution in [-0.2, 0) is 9.53 Å². The second-order valence-corrected chi connectivity index (χ2v) is 5.29. The van der Waals surface area contributed by atoms with Crippen molar-refractivity contribution in [3.63, 3.8) is 0 Å². The van der Waals surface area contributed by atoms with Gasteiger partial charge < -0.3 is 10.1 Å². The first-order valence-corrected chi connectivity index (χ1v) is 7.75. The van der Waals surface area contributed by atoms with Crippen LogP contribution in [0.25, 0.3) is 16.9 Å². The van der Waals surface area contributed by atoms with Gasteiger partial charge in [0.1, 0.15) is 6.54 Å². The maximum absolute atomic E-state index is 12.3. The maximum Gasteiger partial charge on any atom is 0.325 e. The van der Waals surface area contributed by atoms with Crippen molar-refractivity contribution in [3.05, 3.63) is 72.4 Å². The van der Waals surface area contributed by atoms with E-state index in [1.807, 2.05) is 60.7 Å². The Morgan fingerprint density at radius 1 is 1.04 bits per heavy atom. The van der Waals surface area contributed by atoms with Gasteiger partial charge in [0, 0.05) is 5.56 Å². The van der Waals surface area contributed by atoms with Crippen LogP contribution in [0.4, 0.5) is 0 Å². The van der Waals surface area contributed by atoms with Crippen molar-refractivity contribution in [1.29, 1.82) is 0 Å². The van der Waals surface area contributed by atoms with Crippen LogP contribution >= 0.6 is 0 Å². The predicted molar refractivity (Wildman–Crippen MR) is 93.3 cm³/mol. The van der Waals surface area contributed by atoms with Crippen LogP contribution in [0.2, 0.25) is 0 Å². The number of esters is 1. The molecule has 0 unspecified atom stereocenters. The number of carbonyl (C=O) groups excluding carboxylic acids is 2. The molecule has 0 atom stereocenters. The quantitative estimate of drug-likeness (QED) is 0.727. The summed E-state index contributed by atoms with van der Waals surface area (Å²) in [6.07, 6.45) is 0. The molecule has 25 heavy (non-hydrogen) atoms. The van der Waals surface area contributed by atoms with Gasteiger partial charge in [0.25, 0.3) is 5.91 Å². The van der Waals surface area contributed by atoms with E-state index in [0.29, 0.717) is 0 Å². The number of benzene rings is 2. The van der Waals surface area contributed by atoms with Gasteiger partial charge in [-0.15, -0.1) is 0 Å². The average Bonchev–Trinajstić information content (AvgIpc) is 3.12. The minimum atomic E-state index is -0.515. The van der Waals surface area contributed by atoms with E-state index < -0.39 is 11.9 Å². The van der Waals surface area contributed by atoms with Gasteiger partial charge in [-0.3, -0.25) is 9.59 Å². The summed E-state index contributed by atoms with van der Waals surface area (Å²) in [4.78, 5) is 23.5. The maximum atomic E-state index is 12.3. The fourth-order valence-electron chi connectivity index (χ4n) is 2.39. The molecule has 1 aromatic heterocycles. The third-order valence-corrected chi connectivity index (χ3v) is 3.63. The first-order chi connectivity index (χ1) is 12.2. The number of carbonyl (C=O) groups is 2. The standard InChI is InChI=1S/C19H17N3O3/c1-25-18(23)13-20-19(24)16-12-17(14-8-4-2-5-9-14)22(21-16)15-10-6-3-7-11-15/h2-12H,13H2,1H3,(H,20,24). The highest BCUT2D eigenvalue weighted by Gasteiger charge is 2.17. The minimum Gasteiger partial charge on any atom is -0.468 e. The summed E-state index contributed by atoms with van der Waals surface area (Å²) in [6, 6.07) is 20.9. The summed E-state index contributed by atoms with van der Waals surface area (Å²) in [5.74, 6) is -0.948. The number of nitrogens with zero attached hydrogens (tertiary/aromatic N) is 2. The number of nitrogens with one attached hydrogen (secondary N) is 1. The van der Waals surface area contributed by atoms with Crippen molar-refractivity contribution in [2.45, 2.75) is 0 Å². The predicted octanol–water partition coefficient (Wildman–Crippen LogP) is 2.44. The highest BCUT2D eigenvalue weighted by Crippen LogP contribution is 2.23. The number of hydrogen-bond donors (Lipinski definition) is 1. The molecule has 0 fully saturated rings. The van der Waals surface area contributed by atoms with Gasteiger partial charge in [0.2, 0.25) is 0 Å². The second-order valence-electron chi connectivity index (χ2n) is 5.29. The molecule has 6 nitrogen and oxygen atoms in total. The molecule has 6 heteroatoms. The van der Waals surface area contributed by atoms with E-state index >= 15 is 0 Å². The van der Waals surface area contributed by atoms with Crippen LogP contribution in [0.15, 0.2) is 66.7 Å². The van der Waals surface area contributed by atoms with Gasteiger partial charge in [0.05, 0.1) is 18.5 Å². The van der Waals surface area contributed by atoms with Gasteiger partial charge in [-0.2, -0.15) is 5.10 Å². The van der Waals surface area contributed by atoms with E-state index in [4.69, 9.17) is 0 Å². The zero-order valence-electron chi connectivity index (χ0n) is 13.7. The van der Waals surface area contributed by atoms with Gasteiger partial charge in [-0.05, 0) is 18.2 Å². The molecule has 0 saturated carbocycles. The second kappa shape index (κ2) is 7.44. The Bertz CT molecular complexity index is 816.